The van der Waals surface area contributed by atoms with Crippen molar-refractivity contribution >= 4 is 6.03 Å². The first kappa shape index (κ1) is 10.3. The summed E-state index contributed by atoms with van der Waals surface area (Å²) in [6.07, 6.45) is 1.04. The van der Waals surface area contributed by atoms with Crippen molar-refractivity contribution in [2.75, 3.05) is 33.7 Å². The Bertz CT molecular complexity index is 182. The minimum absolute atomic E-state index is 0.0891. The average Bonchev–Trinajstić information content (AvgIpc) is 2.47. The summed E-state index contributed by atoms with van der Waals surface area (Å²) in [6, 6.07) is 0.441. The maximum atomic E-state index is 11.3. The molecule has 0 saturated carbocycles. The van der Waals surface area contributed by atoms with E-state index in [-0.39, 0.29) is 6.03 Å². The Hall–Kier alpha value is -0.770. The van der Waals surface area contributed by atoms with E-state index >= 15 is 0 Å². The first-order chi connectivity index (χ1) is 6.11. The molecule has 0 radical (unpaired) electrons. The minimum atomic E-state index is 0.0891. The molecule has 2 amide bonds. The average molecular weight is 185 g/mol. The Morgan fingerprint density at radius 1 is 1.62 bits per heavy atom. The highest BCUT2D eigenvalue weighted by Gasteiger charge is 2.24. The Morgan fingerprint density at radius 3 is 2.77 bits per heavy atom. The van der Waals surface area contributed by atoms with Crippen molar-refractivity contribution in [2.45, 2.75) is 19.4 Å². The summed E-state index contributed by atoms with van der Waals surface area (Å²) < 4.78 is 0. The number of rotatable bonds is 4. The Labute approximate surface area is 79.9 Å². The summed E-state index contributed by atoms with van der Waals surface area (Å²) in [7, 11) is 4.10. The number of hydrogen-bond acceptors (Lipinski definition) is 2. The van der Waals surface area contributed by atoms with Crippen LogP contribution in [0.2, 0.25) is 0 Å². The summed E-state index contributed by atoms with van der Waals surface area (Å²) in [4.78, 5) is 15.3. The summed E-state index contributed by atoms with van der Waals surface area (Å²) in [5, 5.41) is 2.81. The zero-order valence-electron chi connectivity index (χ0n) is 8.71. The lowest BCUT2D eigenvalue weighted by Crippen LogP contribution is -2.37. The zero-order chi connectivity index (χ0) is 9.84. The van der Waals surface area contributed by atoms with Gasteiger partial charge in [0.15, 0.2) is 0 Å². The molecule has 0 aromatic rings. The van der Waals surface area contributed by atoms with Gasteiger partial charge in [0.1, 0.15) is 0 Å². The van der Waals surface area contributed by atoms with Crippen molar-refractivity contribution in [1.82, 2.24) is 15.1 Å². The number of carbonyl (C=O) groups excluding carboxylic acids is 1. The van der Waals surface area contributed by atoms with Gasteiger partial charge in [-0.25, -0.2) is 4.79 Å². The van der Waals surface area contributed by atoms with E-state index in [1.165, 1.54) is 0 Å². The lowest BCUT2D eigenvalue weighted by Gasteiger charge is -2.24. The van der Waals surface area contributed by atoms with Crippen LogP contribution in [0, 0.1) is 0 Å². The quantitative estimate of drug-likeness (QED) is 0.686. The molecule has 0 aromatic carbocycles. The second-order valence-electron chi connectivity index (χ2n) is 3.87. The fraction of sp³-hybridized carbons (Fsp3) is 0.889. The van der Waals surface area contributed by atoms with E-state index in [0.717, 1.165) is 26.1 Å². The van der Waals surface area contributed by atoms with Gasteiger partial charge in [0.25, 0.3) is 0 Å². The van der Waals surface area contributed by atoms with E-state index in [1.54, 1.807) is 0 Å². The Morgan fingerprint density at radius 2 is 2.31 bits per heavy atom. The fourth-order valence-corrected chi connectivity index (χ4v) is 1.51. The van der Waals surface area contributed by atoms with Crippen molar-refractivity contribution in [2.24, 2.45) is 0 Å². The van der Waals surface area contributed by atoms with Crippen LogP contribution in [0.3, 0.4) is 0 Å². The summed E-state index contributed by atoms with van der Waals surface area (Å²) in [5.74, 6) is 0. The van der Waals surface area contributed by atoms with Crippen molar-refractivity contribution in [3.8, 4) is 0 Å². The molecule has 0 bridgehead atoms. The summed E-state index contributed by atoms with van der Waals surface area (Å²) >= 11 is 0. The minimum Gasteiger partial charge on any atom is -0.336 e. The normalized spacial score (nSPS) is 19.4. The van der Waals surface area contributed by atoms with E-state index in [4.69, 9.17) is 0 Å². The lowest BCUT2D eigenvalue weighted by molar-refractivity contribution is 0.194. The second-order valence-corrected chi connectivity index (χ2v) is 3.87. The molecule has 76 valence electrons. The number of urea groups is 1. The van der Waals surface area contributed by atoms with Crippen LogP contribution in [0.1, 0.15) is 13.3 Å². The van der Waals surface area contributed by atoms with Crippen LogP contribution < -0.4 is 5.32 Å². The standard InChI is InChI=1S/C9H19N3O/c1-8(4-6-11(2)3)12-7-5-10-9(12)13/h8H,4-7H2,1-3H3,(H,10,13). The molecule has 4 nitrogen and oxygen atoms in total. The molecule has 1 rings (SSSR count). The van der Waals surface area contributed by atoms with Gasteiger partial charge < -0.3 is 15.1 Å². The van der Waals surface area contributed by atoms with Crippen molar-refractivity contribution < 1.29 is 4.79 Å². The molecule has 1 aliphatic heterocycles. The smallest absolute Gasteiger partial charge is 0.317 e. The van der Waals surface area contributed by atoms with E-state index < -0.39 is 0 Å². The molecule has 4 heteroatoms. The fourth-order valence-electron chi connectivity index (χ4n) is 1.51. The van der Waals surface area contributed by atoms with Gasteiger partial charge in [-0.1, -0.05) is 0 Å². The van der Waals surface area contributed by atoms with Gasteiger partial charge in [0.05, 0.1) is 0 Å². The highest BCUT2D eigenvalue weighted by Crippen LogP contribution is 2.07. The molecule has 1 atom stereocenters. The van der Waals surface area contributed by atoms with Crippen molar-refractivity contribution in [3.05, 3.63) is 0 Å². The zero-order valence-corrected chi connectivity index (χ0v) is 8.71. The topological polar surface area (TPSA) is 35.6 Å². The molecule has 0 aromatic heterocycles. The second kappa shape index (κ2) is 4.46. The van der Waals surface area contributed by atoms with Gasteiger partial charge in [-0.2, -0.15) is 0 Å². The van der Waals surface area contributed by atoms with Crippen molar-refractivity contribution in [1.29, 1.82) is 0 Å². The SMILES string of the molecule is CC(CCN(C)C)N1CCNC1=O. The monoisotopic (exact) mass is 185 g/mol. The van der Waals surface area contributed by atoms with E-state index in [2.05, 4.69) is 31.2 Å². The van der Waals surface area contributed by atoms with Crippen molar-refractivity contribution in [3.63, 3.8) is 0 Å². The Kier molecular flexibility index (Phi) is 3.54. The van der Waals surface area contributed by atoms with E-state index in [0.29, 0.717) is 6.04 Å². The van der Waals surface area contributed by atoms with Gasteiger partial charge in [-0.15, -0.1) is 0 Å². The van der Waals surface area contributed by atoms with Crippen LogP contribution >= 0.6 is 0 Å². The molecular formula is C9H19N3O. The third-order valence-electron chi connectivity index (χ3n) is 2.42. The highest BCUT2D eigenvalue weighted by atomic mass is 16.2. The largest absolute Gasteiger partial charge is 0.336 e. The van der Waals surface area contributed by atoms with Crippen LogP contribution in [0.15, 0.2) is 0 Å². The molecule has 1 unspecified atom stereocenters. The number of carbonyl (C=O) groups is 1. The van der Waals surface area contributed by atoms with E-state index in [9.17, 15) is 4.79 Å². The van der Waals surface area contributed by atoms with Gasteiger partial charge in [0, 0.05) is 19.1 Å². The molecule has 1 saturated heterocycles. The summed E-state index contributed by atoms with van der Waals surface area (Å²) in [5.41, 5.74) is 0. The molecular weight excluding hydrogens is 166 g/mol. The molecule has 1 heterocycles. The van der Waals surface area contributed by atoms with Gasteiger partial charge in [0.2, 0.25) is 0 Å². The lowest BCUT2D eigenvalue weighted by atomic mass is 10.2. The maximum Gasteiger partial charge on any atom is 0.317 e. The molecule has 1 fully saturated rings. The first-order valence-electron chi connectivity index (χ1n) is 4.80. The Balaban J connectivity index is 2.30. The maximum absolute atomic E-state index is 11.3. The number of nitrogens with zero attached hydrogens (tertiary/aromatic N) is 2. The van der Waals surface area contributed by atoms with Gasteiger partial charge in [-0.05, 0) is 34.0 Å². The third-order valence-corrected chi connectivity index (χ3v) is 2.42. The third kappa shape index (κ3) is 2.88. The van der Waals surface area contributed by atoms with E-state index in [1.807, 2.05) is 4.90 Å². The van der Waals surface area contributed by atoms with Crippen LogP contribution in [0.25, 0.3) is 0 Å². The molecule has 0 spiro atoms. The van der Waals surface area contributed by atoms with Crippen LogP contribution in [-0.4, -0.2) is 55.6 Å². The van der Waals surface area contributed by atoms with Crippen LogP contribution in [0.5, 0.6) is 0 Å². The first-order valence-corrected chi connectivity index (χ1v) is 4.80. The summed E-state index contributed by atoms with van der Waals surface area (Å²) in [6.45, 7) is 4.79. The van der Waals surface area contributed by atoms with Gasteiger partial charge >= 0.3 is 6.03 Å². The highest BCUT2D eigenvalue weighted by molar-refractivity contribution is 5.76. The number of nitrogens with one attached hydrogen (secondary N) is 1. The molecule has 0 aliphatic carbocycles. The number of hydrogen-bond donors (Lipinski definition) is 1. The van der Waals surface area contributed by atoms with Crippen LogP contribution in [-0.2, 0) is 0 Å². The molecule has 1 N–H and O–H groups in total. The predicted molar refractivity (Wildman–Crippen MR) is 52.7 cm³/mol. The van der Waals surface area contributed by atoms with Gasteiger partial charge in [-0.3, -0.25) is 0 Å². The molecule has 1 aliphatic rings. The predicted octanol–water partition coefficient (Wildman–Crippen LogP) is 0.352. The molecule has 13 heavy (non-hydrogen) atoms. The number of amides is 2. The van der Waals surface area contributed by atoms with Crippen LogP contribution in [0.4, 0.5) is 4.79 Å².